The van der Waals surface area contributed by atoms with Gasteiger partial charge in [0, 0.05) is 5.33 Å². The third kappa shape index (κ3) is 24.4. The lowest BCUT2D eigenvalue weighted by molar-refractivity contribution is -0.114. The minimum absolute atomic E-state index is 0.161. The Morgan fingerprint density at radius 3 is 1.90 bits per heavy atom. The first-order valence-corrected chi connectivity index (χ1v) is 3.98. The van der Waals surface area contributed by atoms with Gasteiger partial charge in [-0.3, -0.25) is 0 Å². The number of carbonyl (C=O) groups excluding carboxylic acids is 1. The van der Waals surface area contributed by atoms with Crippen LogP contribution in [0.3, 0.4) is 0 Å². The summed E-state index contributed by atoms with van der Waals surface area (Å²) >= 11 is 2.96. The maximum absolute atomic E-state index is 9.44. The van der Waals surface area contributed by atoms with Crippen molar-refractivity contribution >= 4 is 21.7 Å². The molecular formula is C6H13BrO3. The van der Waals surface area contributed by atoms with Gasteiger partial charge in [-0.1, -0.05) is 15.9 Å². The molecule has 0 saturated heterocycles. The lowest BCUT2D eigenvalue weighted by atomic mass is 10.5. The minimum Gasteiger partial charge on any atom is -0.394 e. The number of aliphatic hydroxyl groups excluding tert-OH is 2. The fraction of sp³-hybridized carbons (Fsp3) is 0.833. The van der Waals surface area contributed by atoms with Crippen molar-refractivity contribution < 1.29 is 15.0 Å². The number of hydrogen-bond donors (Lipinski definition) is 2. The number of alkyl halides is 1. The van der Waals surface area contributed by atoms with Gasteiger partial charge in [0.1, 0.15) is 5.78 Å². The average Bonchev–Trinajstić information content (AvgIpc) is 1.85. The highest BCUT2D eigenvalue weighted by atomic mass is 79.9. The summed E-state index contributed by atoms with van der Waals surface area (Å²) in [5, 5.41) is 16.9. The molecule has 62 valence electrons. The first-order valence-electron chi connectivity index (χ1n) is 2.86. The van der Waals surface area contributed by atoms with Crippen LogP contribution >= 0.6 is 15.9 Å². The summed E-state index contributed by atoms with van der Waals surface area (Å²) in [6.07, 6.45) is -0.593. The zero-order valence-corrected chi connectivity index (χ0v) is 7.76. The van der Waals surface area contributed by atoms with Gasteiger partial charge in [0.15, 0.2) is 0 Å². The van der Waals surface area contributed by atoms with Crippen molar-refractivity contribution in [3.8, 4) is 0 Å². The molecule has 0 aliphatic heterocycles. The summed E-state index contributed by atoms with van der Waals surface area (Å²) < 4.78 is 0. The van der Waals surface area contributed by atoms with Crippen molar-refractivity contribution in [2.75, 3.05) is 11.9 Å². The molecule has 0 heterocycles. The summed E-state index contributed by atoms with van der Waals surface area (Å²) in [5.41, 5.74) is 0. The van der Waals surface area contributed by atoms with E-state index < -0.39 is 6.10 Å². The summed E-state index contributed by atoms with van der Waals surface area (Å²) in [7, 11) is 0. The zero-order valence-electron chi connectivity index (χ0n) is 6.17. The Kier molecular flexibility index (Phi) is 11.5. The number of hydrogen-bond acceptors (Lipinski definition) is 3. The van der Waals surface area contributed by atoms with Gasteiger partial charge in [0.2, 0.25) is 0 Å². The molecular weight excluding hydrogens is 200 g/mol. The van der Waals surface area contributed by atoms with Gasteiger partial charge >= 0.3 is 0 Å². The Morgan fingerprint density at radius 2 is 1.90 bits per heavy atom. The number of carbonyl (C=O) groups is 1. The number of rotatable bonds is 2. The van der Waals surface area contributed by atoms with Gasteiger partial charge in [-0.15, -0.1) is 0 Å². The van der Waals surface area contributed by atoms with E-state index >= 15 is 0 Å². The van der Waals surface area contributed by atoms with E-state index in [4.69, 9.17) is 10.2 Å². The van der Waals surface area contributed by atoms with E-state index in [0.29, 0.717) is 5.33 Å². The van der Waals surface area contributed by atoms with E-state index in [-0.39, 0.29) is 12.4 Å². The van der Waals surface area contributed by atoms with Gasteiger partial charge in [-0.25, -0.2) is 0 Å². The van der Waals surface area contributed by atoms with Crippen LogP contribution in [0.5, 0.6) is 0 Å². The van der Waals surface area contributed by atoms with Crippen LogP contribution in [0.4, 0.5) is 0 Å². The second kappa shape index (κ2) is 9.07. The molecule has 0 aliphatic rings. The molecule has 0 fully saturated rings. The zero-order chi connectivity index (χ0) is 8.57. The largest absolute Gasteiger partial charge is 0.394 e. The lowest BCUT2D eigenvalue weighted by Crippen LogP contribution is -2.12. The third-order valence-electron chi connectivity index (χ3n) is 0.389. The normalized spacial score (nSPS) is 11.3. The van der Waals surface area contributed by atoms with Crippen LogP contribution in [0.2, 0.25) is 0 Å². The van der Waals surface area contributed by atoms with E-state index in [1.54, 1.807) is 0 Å². The summed E-state index contributed by atoms with van der Waals surface area (Å²) in [4.78, 5) is 9.44. The molecule has 0 saturated carbocycles. The SMILES string of the molecule is CC(C)=O.OCC(O)CBr. The quantitative estimate of drug-likeness (QED) is 0.650. The summed E-state index contributed by atoms with van der Waals surface area (Å²) in [6.45, 7) is 2.89. The number of halogens is 1. The second-order valence-corrected chi connectivity index (χ2v) is 2.55. The molecule has 4 heteroatoms. The van der Waals surface area contributed by atoms with E-state index in [9.17, 15) is 4.79 Å². The standard InChI is InChI=1S/C3H7BrO2.C3H6O/c4-1-3(6)2-5;1-3(2)4/h3,5-6H,1-2H2;1-2H3. The van der Waals surface area contributed by atoms with Crippen molar-refractivity contribution in [3.63, 3.8) is 0 Å². The van der Waals surface area contributed by atoms with Gasteiger partial charge < -0.3 is 15.0 Å². The average molecular weight is 213 g/mol. The molecule has 0 spiro atoms. The van der Waals surface area contributed by atoms with Crippen LogP contribution in [-0.2, 0) is 4.79 Å². The van der Waals surface area contributed by atoms with Crippen molar-refractivity contribution in [1.29, 1.82) is 0 Å². The molecule has 1 unspecified atom stereocenters. The van der Waals surface area contributed by atoms with Crippen LogP contribution in [0.15, 0.2) is 0 Å². The molecule has 2 N–H and O–H groups in total. The third-order valence-corrected chi connectivity index (χ3v) is 1.14. The van der Waals surface area contributed by atoms with Crippen LogP contribution in [0.1, 0.15) is 13.8 Å². The molecule has 3 nitrogen and oxygen atoms in total. The molecule has 10 heavy (non-hydrogen) atoms. The van der Waals surface area contributed by atoms with E-state index in [1.165, 1.54) is 13.8 Å². The van der Waals surface area contributed by atoms with Crippen molar-refractivity contribution in [3.05, 3.63) is 0 Å². The molecule has 0 aliphatic carbocycles. The van der Waals surface area contributed by atoms with E-state index in [1.807, 2.05) is 0 Å². The van der Waals surface area contributed by atoms with E-state index in [0.717, 1.165) is 0 Å². The molecule has 0 rings (SSSR count). The molecule has 1 atom stereocenters. The highest BCUT2D eigenvalue weighted by Crippen LogP contribution is 1.85. The molecule has 0 aromatic heterocycles. The topological polar surface area (TPSA) is 57.5 Å². The Bertz CT molecular complexity index is 77.1. The molecule has 0 aromatic rings. The van der Waals surface area contributed by atoms with Crippen molar-refractivity contribution in [2.45, 2.75) is 20.0 Å². The molecule has 0 amide bonds. The van der Waals surface area contributed by atoms with Crippen molar-refractivity contribution in [2.24, 2.45) is 0 Å². The maximum Gasteiger partial charge on any atom is 0.126 e. The molecule has 0 bridgehead atoms. The summed E-state index contributed by atoms with van der Waals surface area (Å²) in [6, 6.07) is 0. The second-order valence-electron chi connectivity index (χ2n) is 1.90. The van der Waals surface area contributed by atoms with Gasteiger partial charge in [-0.05, 0) is 13.8 Å². The fourth-order valence-electron chi connectivity index (χ4n) is 0.0488. The minimum atomic E-state index is -0.593. The monoisotopic (exact) mass is 212 g/mol. The van der Waals surface area contributed by atoms with Gasteiger partial charge in [-0.2, -0.15) is 0 Å². The number of ketones is 1. The predicted octanol–water partition coefficient (Wildman–Crippen LogP) is 0.330. The van der Waals surface area contributed by atoms with Crippen LogP contribution in [0, 0.1) is 0 Å². The Labute approximate surface area is 69.2 Å². The van der Waals surface area contributed by atoms with Gasteiger partial charge in [0.25, 0.3) is 0 Å². The highest BCUT2D eigenvalue weighted by Gasteiger charge is 1.93. The van der Waals surface area contributed by atoms with Crippen LogP contribution in [-0.4, -0.2) is 34.0 Å². The predicted molar refractivity (Wildman–Crippen MR) is 43.2 cm³/mol. The first-order chi connectivity index (χ1) is 4.54. The van der Waals surface area contributed by atoms with Crippen LogP contribution < -0.4 is 0 Å². The molecule has 0 radical (unpaired) electrons. The number of Topliss-reactive ketones (excluding diaryl/α,β-unsaturated/α-hetero) is 1. The summed E-state index contributed by atoms with van der Waals surface area (Å²) in [5.74, 6) is 0.167. The maximum atomic E-state index is 9.44. The fourth-order valence-corrected chi connectivity index (χ4v) is 0.254. The Hall–Kier alpha value is 0.0700. The number of aliphatic hydroxyl groups is 2. The first kappa shape index (κ1) is 12.7. The van der Waals surface area contributed by atoms with E-state index in [2.05, 4.69) is 15.9 Å². The van der Waals surface area contributed by atoms with Crippen LogP contribution in [0.25, 0.3) is 0 Å². The molecule has 0 aromatic carbocycles. The Balaban J connectivity index is 0. The highest BCUT2D eigenvalue weighted by molar-refractivity contribution is 9.09. The van der Waals surface area contributed by atoms with Gasteiger partial charge in [0.05, 0.1) is 12.7 Å². The lowest BCUT2D eigenvalue weighted by Gasteiger charge is -1.96. The smallest absolute Gasteiger partial charge is 0.126 e. The Morgan fingerprint density at radius 1 is 1.60 bits per heavy atom. The van der Waals surface area contributed by atoms with Crippen molar-refractivity contribution in [1.82, 2.24) is 0 Å².